The first-order valence-corrected chi connectivity index (χ1v) is 9.19. The van der Waals surface area contributed by atoms with Crippen LogP contribution in [0.1, 0.15) is 24.8 Å². The lowest BCUT2D eigenvalue weighted by Gasteiger charge is -2.26. The second kappa shape index (κ2) is 7.46. The van der Waals surface area contributed by atoms with Crippen LogP contribution in [-0.4, -0.2) is 44.3 Å². The molecule has 9 heteroatoms. The Labute approximate surface area is 159 Å². The summed E-state index contributed by atoms with van der Waals surface area (Å²) in [6.45, 7) is 3.60. The molecular formula is C19H19F4N5. The third kappa shape index (κ3) is 3.71. The van der Waals surface area contributed by atoms with Crippen LogP contribution in [0.2, 0.25) is 0 Å². The molecule has 5 nitrogen and oxygen atoms in total. The molecule has 0 aliphatic carbocycles. The summed E-state index contributed by atoms with van der Waals surface area (Å²) in [6.07, 6.45) is 1.72. The van der Waals surface area contributed by atoms with Crippen LogP contribution in [-0.2, 0) is 12.7 Å². The highest BCUT2D eigenvalue weighted by Gasteiger charge is 2.34. The van der Waals surface area contributed by atoms with E-state index in [-0.39, 0.29) is 5.56 Å². The second-order valence-electron chi connectivity index (χ2n) is 6.92. The second-order valence-corrected chi connectivity index (χ2v) is 6.92. The van der Waals surface area contributed by atoms with Gasteiger partial charge in [-0.15, -0.1) is 0 Å². The van der Waals surface area contributed by atoms with Gasteiger partial charge in [0.25, 0.3) is 0 Å². The Morgan fingerprint density at radius 3 is 2.54 bits per heavy atom. The van der Waals surface area contributed by atoms with E-state index in [0.717, 1.165) is 31.8 Å². The summed E-state index contributed by atoms with van der Waals surface area (Å²) in [5.74, 6) is -1.31. The van der Waals surface area contributed by atoms with Crippen LogP contribution in [0.3, 0.4) is 0 Å². The van der Waals surface area contributed by atoms with Gasteiger partial charge in [-0.2, -0.15) is 18.3 Å². The summed E-state index contributed by atoms with van der Waals surface area (Å²) in [5.41, 5.74) is -0.273. The first-order valence-electron chi connectivity index (χ1n) is 9.19. The predicted octanol–water partition coefficient (Wildman–Crippen LogP) is 4.14. The fourth-order valence-corrected chi connectivity index (χ4v) is 3.60. The van der Waals surface area contributed by atoms with E-state index >= 15 is 0 Å². The van der Waals surface area contributed by atoms with Crippen LogP contribution < -0.4 is 0 Å². The molecule has 148 valence electrons. The average molecular weight is 393 g/mol. The van der Waals surface area contributed by atoms with Gasteiger partial charge < -0.3 is 4.90 Å². The fraction of sp³-hybridized carbons (Fsp3) is 0.421. The lowest BCUT2D eigenvalue weighted by molar-refractivity contribution is -0.139. The molecule has 0 N–H and O–H groups in total. The fourth-order valence-electron chi connectivity index (χ4n) is 3.60. The molecule has 0 radical (unpaired) electrons. The Morgan fingerprint density at radius 2 is 1.79 bits per heavy atom. The lowest BCUT2D eigenvalue weighted by atomic mass is 10.1. The van der Waals surface area contributed by atoms with E-state index in [0.29, 0.717) is 23.3 Å². The zero-order chi connectivity index (χ0) is 19.7. The van der Waals surface area contributed by atoms with Crippen LogP contribution in [0.25, 0.3) is 22.3 Å². The van der Waals surface area contributed by atoms with Gasteiger partial charge in [-0.3, -0.25) is 0 Å². The van der Waals surface area contributed by atoms with Gasteiger partial charge in [0.1, 0.15) is 12.1 Å². The van der Waals surface area contributed by atoms with Gasteiger partial charge in [-0.05, 0) is 44.1 Å². The van der Waals surface area contributed by atoms with Crippen molar-refractivity contribution in [1.82, 2.24) is 24.6 Å². The van der Waals surface area contributed by atoms with E-state index in [1.807, 2.05) is 0 Å². The molecule has 0 saturated carbocycles. The van der Waals surface area contributed by atoms with Crippen molar-refractivity contribution >= 4 is 11.0 Å². The smallest absolute Gasteiger partial charge is 0.301 e. The number of rotatable bonds is 4. The molecule has 1 aliphatic heterocycles. The van der Waals surface area contributed by atoms with Crippen LogP contribution in [0.5, 0.6) is 0 Å². The molecule has 0 atom stereocenters. The largest absolute Gasteiger partial charge is 0.419 e. The van der Waals surface area contributed by atoms with Crippen molar-refractivity contribution in [1.29, 1.82) is 0 Å². The Balaban J connectivity index is 1.65. The number of benzene rings is 1. The Morgan fingerprint density at radius 1 is 1.00 bits per heavy atom. The quantitative estimate of drug-likeness (QED) is 0.625. The molecule has 1 aliphatic rings. The van der Waals surface area contributed by atoms with Gasteiger partial charge >= 0.3 is 6.18 Å². The molecule has 0 bridgehead atoms. The predicted molar refractivity (Wildman–Crippen MR) is 96.0 cm³/mol. The first-order chi connectivity index (χ1) is 13.4. The highest BCUT2D eigenvalue weighted by molar-refractivity contribution is 5.90. The summed E-state index contributed by atoms with van der Waals surface area (Å²) in [4.78, 5) is 10.8. The number of hydrogen-bond acceptors (Lipinski definition) is 4. The minimum absolute atomic E-state index is 0.178. The molecule has 2 aromatic heterocycles. The maximum Gasteiger partial charge on any atom is 0.419 e. The van der Waals surface area contributed by atoms with Crippen molar-refractivity contribution in [3.05, 3.63) is 42.1 Å². The maximum atomic E-state index is 13.6. The number of fused-ring (bicyclic) bond motifs is 1. The number of halogens is 4. The van der Waals surface area contributed by atoms with Gasteiger partial charge in [-0.25, -0.2) is 19.0 Å². The van der Waals surface area contributed by atoms with Gasteiger partial charge in [0.2, 0.25) is 0 Å². The SMILES string of the molecule is Fc1ccc(-c2ncnc3c2cnn3CCN2CCCCC2)cc1C(F)(F)F. The van der Waals surface area contributed by atoms with E-state index < -0.39 is 17.6 Å². The Hall–Kier alpha value is -2.55. The summed E-state index contributed by atoms with van der Waals surface area (Å²) in [5, 5.41) is 4.89. The number of hydrogen-bond donors (Lipinski definition) is 0. The molecule has 0 spiro atoms. The molecule has 0 amide bonds. The van der Waals surface area contributed by atoms with Crippen LogP contribution in [0.15, 0.2) is 30.7 Å². The Kier molecular flexibility index (Phi) is 5.01. The van der Waals surface area contributed by atoms with E-state index in [4.69, 9.17) is 0 Å². The number of nitrogens with zero attached hydrogens (tertiary/aromatic N) is 5. The monoisotopic (exact) mass is 393 g/mol. The number of piperidine rings is 1. The highest BCUT2D eigenvalue weighted by atomic mass is 19.4. The maximum absolute atomic E-state index is 13.6. The lowest BCUT2D eigenvalue weighted by Crippen LogP contribution is -2.32. The van der Waals surface area contributed by atoms with Crippen LogP contribution >= 0.6 is 0 Å². The van der Waals surface area contributed by atoms with Crippen molar-refractivity contribution in [2.45, 2.75) is 32.0 Å². The molecule has 28 heavy (non-hydrogen) atoms. The third-order valence-corrected chi connectivity index (χ3v) is 5.06. The van der Waals surface area contributed by atoms with Crippen molar-refractivity contribution in [3.63, 3.8) is 0 Å². The van der Waals surface area contributed by atoms with E-state index in [2.05, 4.69) is 20.0 Å². The standard InChI is InChI=1S/C19H19F4N5/c20-16-5-4-13(10-15(16)19(21,22)23)17-14-11-26-28(18(14)25-12-24-17)9-8-27-6-2-1-3-7-27/h4-5,10-12H,1-3,6-9H2. The van der Waals surface area contributed by atoms with Crippen molar-refractivity contribution in [2.24, 2.45) is 0 Å². The first kappa shape index (κ1) is 18.8. The normalized spacial score (nSPS) is 16.0. The summed E-state index contributed by atoms with van der Waals surface area (Å²) < 4.78 is 54.5. The number of aromatic nitrogens is 4. The molecule has 3 heterocycles. The van der Waals surface area contributed by atoms with Crippen molar-refractivity contribution in [3.8, 4) is 11.3 Å². The molecule has 4 rings (SSSR count). The molecule has 1 saturated heterocycles. The Bertz CT molecular complexity index is 976. The molecular weight excluding hydrogens is 374 g/mol. The van der Waals surface area contributed by atoms with Gasteiger partial charge in [0, 0.05) is 12.1 Å². The summed E-state index contributed by atoms with van der Waals surface area (Å²) in [7, 11) is 0. The zero-order valence-electron chi connectivity index (χ0n) is 15.1. The molecule has 1 aromatic carbocycles. The molecule has 3 aromatic rings. The van der Waals surface area contributed by atoms with E-state index in [1.54, 1.807) is 10.9 Å². The van der Waals surface area contributed by atoms with E-state index in [9.17, 15) is 17.6 Å². The zero-order valence-corrected chi connectivity index (χ0v) is 15.1. The summed E-state index contributed by atoms with van der Waals surface area (Å²) >= 11 is 0. The van der Waals surface area contributed by atoms with Gasteiger partial charge in [0.15, 0.2) is 5.65 Å². The minimum Gasteiger partial charge on any atom is -0.301 e. The topological polar surface area (TPSA) is 46.8 Å². The molecule has 1 fully saturated rings. The minimum atomic E-state index is -4.77. The average Bonchev–Trinajstić information content (AvgIpc) is 3.10. The van der Waals surface area contributed by atoms with Crippen LogP contribution in [0, 0.1) is 5.82 Å². The van der Waals surface area contributed by atoms with Crippen molar-refractivity contribution in [2.75, 3.05) is 19.6 Å². The van der Waals surface area contributed by atoms with Crippen molar-refractivity contribution < 1.29 is 17.6 Å². The molecule has 0 unspecified atom stereocenters. The number of alkyl halides is 3. The van der Waals surface area contributed by atoms with Crippen LogP contribution in [0.4, 0.5) is 17.6 Å². The van der Waals surface area contributed by atoms with E-state index in [1.165, 1.54) is 31.7 Å². The van der Waals surface area contributed by atoms with Gasteiger partial charge in [-0.1, -0.05) is 6.42 Å². The number of likely N-dealkylation sites (tertiary alicyclic amines) is 1. The van der Waals surface area contributed by atoms with Gasteiger partial charge in [0.05, 0.1) is 29.4 Å². The highest BCUT2D eigenvalue weighted by Crippen LogP contribution is 2.35. The third-order valence-electron chi connectivity index (χ3n) is 5.06. The summed E-state index contributed by atoms with van der Waals surface area (Å²) in [6, 6.07) is 2.88.